The lowest BCUT2D eigenvalue weighted by atomic mass is 9.94. The van der Waals surface area contributed by atoms with Crippen LogP contribution in [0.4, 0.5) is 0 Å². The Morgan fingerprint density at radius 2 is 1.92 bits per heavy atom. The van der Waals surface area contributed by atoms with Gasteiger partial charge in [0.1, 0.15) is 6.23 Å². The second-order valence-electron chi connectivity index (χ2n) is 4.30. The minimum absolute atomic E-state index is 0.0130. The van der Waals surface area contributed by atoms with E-state index in [1.807, 2.05) is 26.8 Å². The Kier molecular flexibility index (Phi) is 4.14. The van der Waals surface area contributed by atoms with Gasteiger partial charge in [0.15, 0.2) is 0 Å². The SMILES string of the molecule is C/C(=C\C(C)(C)C)C(=O)OC(C)N. The number of hydrogen-bond acceptors (Lipinski definition) is 3. The van der Waals surface area contributed by atoms with Crippen molar-refractivity contribution in [2.75, 3.05) is 0 Å². The Balaban J connectivity index is 4.34. The highest BCUT2D eigenvalue weighted by Crippen LogP contribution is 2.17. The molecule has 2 N–H and O–H groups in total. The molecule has 0 aromatic carbocycles. The van der Waals surface area contributed by atoms with Gasteiger partial charge in [0.2, 0.25) is 0 Å². The topological polar surface area (TPSA) is 52.3 Å². The highest BCUT2D eigenvalue weighted by molar-refractivity contribution is 5.87. The van der Waals surface area contributed by atoms with Crippen molar-refractivity contribution in [2.45, 2.75) is 40.8 Å². The number of esters is 1. The van der Waals surface area contributed by atoms with Gasteiger partial charge in [-0.1, -0.05) is 26.8 Å². The van der Waals surface area contributed by atoms with Crippen molar-refractivity contribution in [3.8, 4) is 0 Å². The molecule has 0 bridgehead atoms. The minimum atomic E-state index is -0.546. The molecule has 0 saturated carbocycles. The van der Waals surface area contributed by atoms with E-state index in [2.05, 4.69) is 0 Å². The minimum Gasteiger partial charge on any atom is -0.444 e. The van der Waals surface area contributed by atoms with E-state index in [1.54, 1.807) is 13.8 Å². The van der Waals surface area contributed by atoms with Gasteiger partial charge >= 0.3 is 5.97 Å². The quantitative estimate of drug-likeness (QED) is 0.405. The first kappa shape index (κ1) is 12.2. The van der Waals surface area contributed by atoms with Gasteiger partial charge in [0, 0.05) is 5.57 Å². The van der Waals surface area contributed by atoms with Gasteiger partial charge in [0.05, 0.1) is 0 Å². The molecule has 1 atom stereocenters. The molecule has 0 rings (SSSR count). The first-order valence-corrected chi connectivity index (χ1v) is 4.38. The Hall–Kier alpha value is -0.830. The summed E-state index contributed by atoms with van der Waals surface area (Å²) in [6.45, 7) is 9.43. The fourth-order valence-corrected chi connectivity index (χ4v) is 0.970. The number of allylic oxidation sites excluding steroid dienone is 1. The van der Waals surface area contributed by atoms with E-state index in [-0.39, 0.29) is 11.4 Å². The Morgan fingerprint density at radius 1 is 1.46 bits per heavy atom. The van der Waals surface area contributed by atoms with E-state index < -0.39 is 6.23 Å². The molecule has 0 aliphatic heterocycles. The third-order valence-electron chi connectivity index (χ3n) is 1.26. The molecule has 0 heterocycles. The lowest BCUT2D eigenvalue weighted by Crippen LogP contribution is -2.24. The monoisotopic (exact) mass is 185 g/mol. The number of nitrogens with two attached hydrogens (primary N) is 1. The van der Waals surface area contributed by atoms with Crippen LogP contribution in [0.15, 0.2) is 11.6 Å². The van der Waals surface area contributed by atoms with Gasteiger partial charge in [-0.05, 0) is 19.3 Å². The van der Waals surface area contributed by atoms with Crippen molar-refractivity contribution in [1.82, 2.24) is 0 Å². The summed E-state index contributed by atoms with van der Waals surface area (Å²) in [4.78, 5) is 11.3. The molecular formula is C10H19NO2. The van der Waals surface area contributed by atoms with Crippen LogP contribution in [0.1, 0.15) is 34.6 Å². The zero-order chi connectivity index (χ0) is 10.6. The van der Waals surface area contributed by atoms with E-state index in [1.165, 1.54) is 0 Å². The number of hydrogen-bond donors (Lipinski definition) is 1. The van der Waals surface area contributed by atoms with E-state index >= 15 is 0 Å². The third kappa shape index (κ3) is 6.34. The summed E-state index contributed by atoms with van der Waals surface area (Å²) >= 11 is 0. The van der Waals surface area contributed by atoms with Gasteiger partial charge in [0.25, 0.3) is 0 Å². The van der Waals surface area contributed by atoms with Crippen LogP contribution in [0.2, 0.25) is 0 Å². The van der Waals surface area contributed by atoms with E-state index in [9.17, 15) is 4.79 Å². The molecule has 0 amide bonds. The fourth-order valence-electron chi connectivity index (χ4n) is 0.970. The number of carbonyl (C=O) groups excluding carboxylic acids is 1. The predicted molar refractivity (Wildman–Crippen MR) is 53.0 cm³/mol. The molecule has 0 spiro atoms. The molecule has 3 heteroatoms. The summed E-state index contributed by atoms with van der Waals surface area (Å²) in [5.74, 6) is -0.343. The van der Waals surface area contributed by atoms with E-state index in [0.29, 0.717) is 5.57 Å². The van der Waals surface area contributed by atoms with Crippen LogP contribution in [0, 0.1) is 5.41 Å². The molecule has 0 radical (unpaired) electrons. The molecule has 3 nitrogen and oxygen atoms in total. The molecule has 0 saturated heterocycles. The molecule has 1 unspecified atom stereocenters. The number of carbonyl (C=O) groups is 1. The highest BCUT2D eigenvalue weighted by Gasteiger charge is 2.12. The predicted octanol–water partition coefficient (Wildman–Crippen LogP) is 1.83. The summed E-state index contributed by atoms with van der Waals surface area (Å²) in [6.07, 6.45) is 1.33. The first-order chi connectivity index (χ1) is 5.72. The molecule has 0 fully saturated rings. The van der Waals surface area contributed by atoms with Crippen molar-refractivity contribution in [3.63, 3.8) is 0 Å². The molecule has 0 aromatic rings. The normalized spacial score (nSPS) is 15.4. The van der Waals surface area contributed by atoms with Crippen molar-refractivity contribution >= 4 is 5.97 Å². The number of rotatable bonds is 2. The summed E-state index contributed by atoms with van der Waals surface area (Å²) in [7, 11) is 0. The maximum atomic E-state index is 11.3. The van der Waals surface area contributed by atoms with Crippen LogP contribution in [0.3, 0.4) is 0 Å². The van der Waals surface area contributed by atoms with Crippen LogP contribution in [0.5, 0.6) is 0 Å². The Labute approximate surface area is 79.9 Å². The fraction of sp³-hybridized carbons (Fsp3) is 0.700. The van der Waals surface area contributed by atoms with Crippen LogP contribution >= 0.6 is 0 Å². The van der Waals surface area contributed by atoms with E-state index in [4.69, 9.17) is 10.5 Å². The standard InChI is InChI=1S/C10H19NO2/c1-7(6-10(3,4)5)9(12)13-8(2)11/h6,8H,11H2,1-5H3/b7-6+. The van der Waals surface area contributed by atoms with Crippen LogP contribution in [-0.2, 0) is 9.53 Å². The van der Waals surface area contributed by atoms with Gasteiger partial charge in [-0.15, -0.1) is 0 Å². The summed E-state index contributed by atoms with van der Waals surface area (Å²) in [6, 6.07) is 0. The zero-order valence-electron chi connectivity index (χ0n) is 9.05. The largest absolute Gasteiger partial charge is 0.444 e. The third-order valence-corrected chi connectivity index (χ3v) is 1.26. The van der Waals surface area contributed by atoms with Crippen molar-refractivity contribution < 1.29 is 9.53 Å². The van der Waals surface area contributed by atoms with Gasteiger partial charge < -0.3 is 4.74 Å². The highest BCUT2D eigenvalue weighted by atomic mass is 16.6. The summed E-state index contributed by atoms with van der Waals surface area (Å²) in [5, 5.41) is 0. The average molecular weight is 185 g/mol. The Morgan fingerprint density at radius 3 is 2.23 bits per heavy atom. The maximum absolute atomic E-state index is 11.3. The van der Waals surface area contributed by atoms with Gasteiger partial charge in [-0.3, -0.25) is 5.73 Å². The molecule has 0 aromatic heterocycles. The van der Waals surface area contributed by atoms with Crippen LogP contribution in [0.25, 0.3) is 0 Å². The van der Waals surface area contributed by atoms with E-state index in [0.717, 1.165) is 0 Å². The molecular weight excluding hydrogens is 166 g/mol. The van der Waals surface area contributed by atoms with Crippen LogP contribution in [-0.4, -0.2) is 12.2 Å². The van der Waals surface area contributed by atoms with Gasteiger partial charge in [-0.25, -0.2) is 4.79 Å². The molecule has 0 aliphatic carbocycles. The maximum Gasteiger partial charge on any atom is 0.334 e. The van der Waals surface area contributed by atoms with Crippen molar-refractivity contribution in [1.29, 1.82) is 0 Å². The number of ether oxygens (including phenoxy) is 1. The first-order valence-electron chi connectivity index (χ1n) is 4.38. The molecule has 76 valence electrons. The second kappa shape index (κ2) is 4.42. The summed E-state index contributed by atoms with van der Waals surface area (Å²) in [5.41, 5.74) is 5.91. The molecule has 13 heavy (non-hydrogen) atoms. The smallest absolute Gasteiger partial charge is 0.334 e. The lowest BCUT2D eigenvalue weighted by Gasteiger charge is -2.14. The van der Waals surface area contributed by atoms with Gasteiger partial charge in [-0.2, -0.15) is 0 Å². The Bertz CT molecular complexity index is 211. The second-order valence-corrected chi connectivity index (χ2v) is 4.30. The lowest BCUT2D eigenvalue weighted by molar-refractivity contribution is -0.143. The van der Waals surface area contributed by atoms with Crippen molar-refractivity contribution in [3.05, 3.63) is 11.6 Å². The van der Waals surface area contributed by atoms with Crippen molar-refractivity contribution in [2.24, 2.45) is 11.1 Å². The van der Waals surface area contributed by atoms with Crippen LogP contribution < -0.4 is 5.73 Å². The summed E-state index contributed by atoms with van der Waals surface area (Å²) < 4.78 is 4.83. The average Bonchev–Trinajstić information content (AvgIpc) is 1.81. The zero-order valence-corrected chi connectivity index (χ0v) is 9.05. The molecule has 0 aliphatic rings.